The highest BCUT2D eigenvalue weighted by atomic mass is 16.5. The molecule has 7 nitrogen and oxygen atoms in total. The Morgan fingerprint density at radius 1 is 1.42 bits per heavy atom. The number of ether oxygens (including phenoxy) is 1. The quantitative estimate of drug-likeness (QED) is 0.825. The summed E-state index contributed by atoms with van der Waals surface area (Å²) in [5.41, 5.74) is 1.39. The summed E-state index contributed by atoms with van der Waals surface area (Å²) in [5, 5.41) is 13.5. The Labute approximate surface area is 142 Å². The minimum Gasteiger partial charge on any atom is -0.481 e. The molecular formula is C17H27N3O4. The Hall–Kier alpha value is -1.89. The third kappa shape index (κ3) is 3.61. The molecule has 134 valence electrons. The Balaban J connectivity index is 2.25. The number of likely N-dealkylation sites (tertiary alicyclic amines) is 1. The Kier molecular flexibility index (Phi) is 5.99. The molecule has 1 aromatic rings. The predicted molar refractivity (Wildman–Crippen MR) is 89.1 cm³/mol. The first-order valence-corrected chi connectivity index (χ1v) is 8.52. The van der Waals surface area contributed by atoms with E-state index in [0.29, 0.717) is 18.5 Å². The van der Waals surface area contributed by atoms with E-state index in [1.807, 2.05) is 11.6 Å². The van der Waals surface area contributed by atoms with Gasteiger partial charge in [-0.2, -0.15) is 5.10 Å². The molecule has 1 amide bonds. The SMILES string of the molecule is CCC(CC)n1ncc(C(=O)N2CC(OC)CC2CC(=O)O)c1C. The lowest BCUT2D eigenvalue weighted by Gasteiger charge is -2.23. The van der Waals surface area contributed by atoms with Crippen LogP contribution >= 0.6 is 0 Å². The molecule has 0 aliphatic carbocycles. The second-order valence-corrected chi connectivity index (χ2v) is 6.36. The number of aliphatic carboxylic acids is 1. The number of nitrogens with zero attached hydrogens (tertiary/aromatic N) is 3. The molecule has 2 unspecified atom stereocenters. The number of amides is 1. The van der Waals surface area contributed by atoms with Gasteiger partial charge < -0.3 is 14.7 Å². The first-order chi connectivity index (χ1) is 11.4. The van der Waals surface area contributed by atoms with E-state index in [2.05, 4.69) is 18.9 Å². The molecule has 1 N–H and O–H groups in total. The zero-order valence-electron chi connectivity index (χ0n) is 14.9. The van der Waals surface area contributed by atoms with Crippen molar-refractivity contribution in [3.05, 3.63) is 17.5 Å². The van der Waals surface area contributed by atoms with E-state index in [4.69, 9.17) is 9.84 Å². The molecule has 2 heterocycles. The fourth-order valence-electron chi connectivity index (χ4n) is 3.48. The zero-order valence-corrected chi connectivity index (χ0v) is 14.9. The minimum atomic E-state index is -0.904. The van der Waals surface area contributed by atoms with Crippen LogP contribution in [0.2, 0.25) is 0 Å². The molecule has 0 radical (unpaired) electrons. The lowest BCUT2D eigenvalue weighted by molar-refractivity contribution is -0.137. The fraction of sp³-hybridized carbons (Fsp3) is 0.706. The molecule has 1 aromatic heterocycles. The van der Waals surface area contributed by atoms with Crippen LogP contribution < -0.4 is 0 Å². The molecule has 2 atom stereocenters. The summed E-state index contributed by atoms with van der Waals surface area (Å²) in [4.78, 5) is 25.7. The lowest BCUT2D eigenvalue weighted by atomic mass is 10.1. The first-order valence-electron chi connectivity index (χ1n) is 8.52. The average molecular weight is 337 g/mol. The third-order valence-electron chi connectivity index (χ3n) is 4.94. The van der Waals surface area contributed by atoms with Gasteiger partial charge in [0.25, 0.3) is 5.91 Å². The number of carboxylic acids is 1. The first kappa shape index (κ1) is 18.4. The zero-order chi connectivity index (χ0) is 17.9. The molecule has 0 bridgehead atoms. The number of hydrogen-bond acceptors (Lipinski definition) is 4. The fourth-order valence-corrected chi connectivity index (χ4v) is 3.48. The van der Waals surface area contributed by atoms with E-state index in [0.717, 1.165) is 18.5 Å². The Morgan fingerprint density at radius 2 is 2.08 bits per heavy atom. The van der Waals surface area contributed by atoms with Crippen molar-refractivity contribution in [2.75, 3.05) is 13.7 Å². The van der Waals surface area contributed by atoms with Crippen molar-refractivity contribution in [1.29, 1.82) is 0 Å². The predicted octanol–water partition coefficient (Wildman–Crippen LogP) is 2.26. The van der Waals surface area contributed by atoms with E-state index in [1.54, 1.807) is 18.2 Å². The molecular weight excluding hydrogens is 310 g/mol. The number of methoxy groups -OCH3 is 1. The van der Waals surface area contributed by atoms with E-state index >= 15 is 0 Å². The molecule has 1 aliphatic rings. The highest BCUT2D eigenvalue weighted by Crippen LogP contribution is 2.27. The van der Waals surface area contributed by atoms with Crippen LogP contribution in [0.5, 0.6) is 0 Å². The number of aromatic nitrogens is 2. The summed E-state index contributed by atoms with van der Waals surface area (Å²) in [7, 11) is 1.59. The molecule has 0 aromatic carbocycles. The van der Waals surface area contributed by atoms with Crippen molar-refractivity contribution < 1.29 is 19.4 Å². The maximum atomic E-state index is 13.0. The van der Waals surface area contributed by atoms with Gasteiger partial charge in [0.2, 0.25) is 0 Å². The van der Waals surface area contributed by atoms with E-state index < -0.39 is 5.97 Å². The summed E-state index contributed by atoms with van der Waals surface area (Å²) in [6.45, 7) is 6.52. The number of carbonyl (C=O) groups excluding carboxylic acids is 1. The van der Waals surface area contributed by atoms with Crippen LogP contribution in [-0.2, 0) is 9.53 Å². The van der Waals surface area contributed by atoms with Crippen LogP contribution in [0.15, 0.2) is 6.20 Å². The van der Waals surface area contributed by atoms with Gasteiger partial charge in [0.1, 0.15) is 0 Å². The van der Waals surface area contributed by atoms with Gasteiger partial charge in [-0.3, -0.25) is 14.3 Å². The topological polar surface area (TPSA) is 84.7 Å². The van der Waals surface area contributed by atoms with Crippen LogP contribution in [0.1, 0.15) is 61.6 Å². The van der Waals surface area contributed by atoms with Gasteiger partial charge in [0.15, 0.2) is 0 Å². The van der Waals surface area contributed by atoms with Crippen molar-refractivity contribution in [3.63, 3.8) is 0 Å². The average Bonchev–Trinajstić information content (AvgIpc) is 3.12. The lowest BCUT2D eigenvalue weighted by Crippen LogP contribution is -2.37. The van der Waals surface area contributed by atoms with E-state index in [9.17, 15) is 9.59 Å². The van der Waals surface area contributed by atoms with Crippen LogP contribution in [-0.4, -0.2) is 57.5 Å². The molecule has 0 spiro atoms. The highest BCUT2D eigenvalue weighted by molar-refractivity contribution is 5.95. The third-order valence-corrected chi connectivity index (χ3v) is 4.94. The Bertz CT molecular complexity index is 595. The second kappa shape index (κ2) is 7.79. The molecule has 1 aliphatic heterocycles. The maximum Gasteiger partial charge on any atom is 0.305 e. The summed E-state index contributed by atoms with van der Waals surface area (Å²) in [6, 6.07) is -0.0671. The van der Waals surface area contributed by atoms with Gasteiger partial charge in [0.05, 0.1) is 30.3 Å². The summed E-state index contributed by atoms with van der Waals surface area (Å²) in [5.74, 6) is -1.06. The van der Waals surface area contributed by atoms with Crippen molar-refractivity contribution in [2.45, 2.75) is 64.6 Å². The van der Waals surface area contributed by atoms with Crippen LogP contribution in [0.4, 0.5) is 0 Å². The van der Waals surface area contributed by atoms with Gasteiger partial charge in [0, 0.05) is 25.4 Å². The maximum absolute atomic E-state index is 13.0. The highest BCUT2D eigenvalue weighted by Gasteiger charge is 2.38. The van der Waals surface area contributed by atoms with Crippen molar-refractivity contribution in [3.8, 4) is 0 Å². The molecule has 7 heteroatoms. The molecule has 1 saturated heterocycles. The summed E-state index contributed by atoms with van der Waals surface area (Å²) in [6.07, 6.45) is 3.87. The molecule has 24 heavy (non-hydrogen) atoms. The standard InChI is InChI=1S/C17H27N3O4/c1-5-12(6-2)20-11(3)15(9-18-20)17(23)19-10-14(24-4)7-13(19)8-16(21)22/h9,12-14H,5-8,10H2,1-4H3,(H,21,22). The normalized spacial score (nSPS) is 20.8. The Morgan fingerprint density at radius 3 is 2.62 bits per heavy atom. The van der Waals surface area contributed by atoms with Crippen molar-refractivity contribution in [2.24, 2.45) is 0 Å². The minimum absolute atomic E-state index is 0.0642. The summed E-state index contributed by atoms with van der Waals surface area (Å²) < 4.78 is 7.25. The van der Waals surface area contributed by atoms with Gasteiger partial charge >= 0.3 is 5.97 Å². The van der Waals surface area contributed by atoms with E-state index in [-0.39, 0.29) is 30.5 Å². The number of rotatable bonds is 7. The van der Waals surface area contributed by atoms with Crippen LogP contribution in [0, 0.1) is 6.92 Å². The molecule has 0 saturated carbocycles. The number of carboxylic acid groups (broad SMARTS) is 1. The van der Waals surface area contributed by atoms with Gasteiger partial charge in [-0.25, -0.2) is 0 Å². The van der Waals surface area contributed by atoms with Gasteiger partial charge in [-0.1, -0.05) is 13.8 Å². The smallest absolute Gasteiger partial charge is 0.305 e. The largest absolute Gasteiger partial charge is 0.481 e. The van der Waals surface area contributed by atoms with Crippen molar-refractivity contribution in [1.82, 2.24) is 14.7 Å². The van der Waals surface area contributed by atoms with Gasteiger partial charge in [-0.15, -0.1) is 0 Å². The van der Waals surface area contributed by atoms with E-state index in [1.165, 1.54) is 0 Å². The number of hydrogen-bond donors (Lipinski definition) is 1. The molecule has 2 rings (SSSR count). The monoisotopic (exact) mass is 337 g/mol. The molecule has 1 fully saturated rings. The second-order valence-electron chi connectivity index (χ2n) is 6.36. The summed E-state index contributed by atoms with van der Waals surface area (Å²) >= 11 is 0. The van der Waals surface area contributed by atoms with Gasteiger partial charge in [-0.05, 0) is 26.2 Å². The van der Waals surface area contributed by atoms with Crippen LogP contribution in [0.25, 0.3) is 0 Å². The van der Waals surface area contributed by atoms with Crippen LogP contribution in [0.3, 0.4) is 0 Å². The van der Waals surface area contributed by atoms with Crippen molar-refractivity contribution >= 4 is 11.9 Å². The number of carbonyl (C=O) groups is 2.